The lowest BCUT2D eigenvalue weighted by atomic mass is 10.1. The van der Waals surface area contributed by atoms with Crippen molar-refractivity contribution >= 4 is 11.9 Å². The fourth-order valence-corrected chi connectivity index (χ4v) is 1.93. The first-order valence-corrected chi connectivity index (χ1v) is 7.96. The van der Waals surface area contributed by atoms with Gasteiger partial charge in [0.25, 0.3) is 0 Å². The first kappa shape index (κ1) is 19.6. The third-order valence-electron chi connectivity index (χ3n) is 3.16. The van der Waals surface area contributed by atoms with Gasteiger partial charge in [-0.3, -0.25) is 4.79 Å². The van der Waals surface area contributed by atoms with Gasteiger partial charge >= 0.3 is 5.97 Å². The highest BCUT2D eigenvalue weighted by atomic mass is 16.5. The Balaban J connectivity index is 3.23. The van der Waals surface area contributed by atoms with E-state index in [1.807, 2.05) is 0 Å². The van der Waals surface area contributed by atoms with E-state index in [1.165, 1.54) is 25.7 Å². The van der Waals surface area contributed by atoms with E-state index in [9.17, 15) is 9.59 Å². The Morgan fingerprint density at radius 2 is 1.62 bits per heavy atom. The number of rotatable bonds is 14. The summed E-state index contributed by atoms with van der Waals surface area (Å²) in [5.41, 5.74) is 5.43. The van der Waals surface area contributed by atoms with E-state index in [-0.39, 0.29) is 5.91 Å². The largest absolute Gasteiger partial charge is 0.462 e. The van der Waals surface area contributed by atoms with Crippen LogP contribution in [0.1, 0.15) is 57.8 Å². The van der Waals surface area contributed by atoms with Gasteiger partial charge in [-0.25, -0.2) is 4.79 Å². The van der Waals surface area contributed by atoms with Crippen LogP contribution < -0.4 is 11.1 Å². The van der Waals surface area contributed by atoms with E-state index in [4.69, 9.17) is 10.5 Å². The molecule has 122 valence electrons. The lowest BCUT2D eigenvalue weighted by Crippen LogP contribution is -2.25. The lowest BCUT2D eigenvalue weighted by Gasteiger charge is -2.05. The quantitative estimate of drug-likeness (QED) is 0.293. The molecule has 0 aromatic heterocycles. The summed E-state index contributed by atoms with van der Waals surface area (Å²) in [4.78, 5) is 22.3. The number of hydrogen-bond donors (Lipinski definition) is 2. The Morgan fingerprint density at radius 3 is 2.24 bits per heavy atom. The molecule has 21 heavy (non-hydrogen) atoms. The Labute approximate surface area is 128 Å². The van der Waals surface area contributed by atoms with Crippen molar-refractivity contribution in [1.29, 1.82) is 0 Å². The average molecular weight is 298 g/mol. The van der Waals surface area contributed by atoms with Crippen LogP contribution in [0.15, 0.2) is 12.7 Å². The minimum Gasteiger partial charge on any atom is -0.462 e. The van der Waals surface area contributed by atoms with Crippen LogP contribution in [0.3, 0.4) is 0 Å². The highest BCUT2D eigenvalue weighted by Gasteiger charge is 2.01. The van der Waals surface area contributed by atoms with Crippen LogP contribution in [-0.4, -0.2) is 31.6 Å². The molecule has 0 unspecified atom stereocenters. The van der Waals surface area contributed by atoms with Gasteiger partial charge in [0.15, 0.2) is 0 Å². The second kappa shape index (κ2) is 15.0. The van der Waals surface area contributed by atoms with Crippen molar-refractivity contribution in [2.45, 2.75) is 57.8 Å². The summed E-state index contributed by atoms with van der Waals surface area (Å²) in [6.07, 6.45) is 10.4. The number of ether oxygens (including phenoxy) is 1. The van der Waals surface area contributed by atoms with E-state index in [0.717, 1.165) is 31.9 Å². The molecular weight excluding hydrogens is 268 g/mol. The van der Waals surface area contributed by atoms with Gasteiger partial charge in [-0.2, -0.15) is 0 Å². The molecule has 0 atom stereocenters. The molecule has 0 spiro atoms. The molecule has 0 aliphatic rings. The third kappa shape index (κ3) is 14.9. The highest BCUT2D eigenvalue weighted by molar-refractivity contribution is 5.81. The van der Waals surface area contributed by atoms with Crippen molar-refractivity contribution in [2.24, 2.45) is 5.73 Å². The first-order valence-electron chi connectivity index (χ1n) is 7.96. The van der Waals surface area contributed by atoms with Gasteiger partial charge in [-0.05, 0) is 25.8 Å². The minimum atomic E-state index is -0.423. The molecule has 5 nitrogen and oxygen atoms in total. The van der Waals surface area contributed by atoms with E-state index < -0.39 is 5.97 Å². The molecule has 0 radical (unpaired) electrons. The first-order chi connectivity index (χ1) is 10.2. The number of esters is 1. The summed E-state index contributed by atoms with van der Waals surface area (Å²) in [5.74, 6) is -0.346. The zero-order chi connectivity index (χ0) is 15.8. The zero-order valence-electron chi connectivity index (χ0n) is 13.1. The molecule has 5 heteroatoms. The molecule has 0 rings (SSSR count). The molecule has 0 heterocycles. The lowest BCUT2D eigenvalue weighted by molar-refractivity contribution is -0.137. The normalized spacial score (nSPS) is 10.1. The van der Waals surface area contributed by atoms with Crippen LogP contribution in [0.25, 0.3) is 0 Å². The summed E-state index contributed by atoms with van der Waals surface area (Å²) in [7, 11) is 0. The van der Waals surface area contributed by atoms with Gasteiger partial charge < -0.3 is 15.8 Å². The van der Waals surface area contributed by atoms with Gasteiger partial charge in [0.05, 0.1) is 6.61 Å². The second-order valence-corrected chi connectivity index (χ2v) is 5.09. The van der Waals surface area contributed by atoms with Gasteiger partial charge in [0, 0.05) is 19.0 Å². The fraction of sp³-hybridized carbons (Fsp3) is 0.750. The van der Waals surface area contributed by atoms with Gasteiger partial charge in [0.1, 0.15) is 0 Å². The molecule has 0 fully saturated rings. The minimum absolute atomic E-state index is 0.0770. The molecular formula is C16H30N2O3. The second-order valence-electron chi connectivity index (χ2n) is 5.09. The summed E-state index contributed by atoms with van der Waals surface area (Å²) >= 11 is 0. The Hall–Kier alpha value is -1.36. The maximum Gasteiger partial charge on any atom is 0.330 e. The summed E-state index contributed by atoms with van der Waals surface area (Å²) in [6.45, 7) is 4.95. The molecule has 0 aliphatic heterocycles. The van der Waals surface area contributed by atoms with Crippen molar-refractivity contribution in [3.8, 4) is 0 Å². The van der Waals surface area contributed by atoms with Crippen molar-refractivity contribution in [3.63, 3.8) is 0 Å². The smallest absolute Gasteiger partial charge is 0.330 e. The number of unbranched alkanes of at least 4 members (excludes halogenated alkanes) is 6. The van der Waals surface area contributed by atoms with Gasteiger partial charge in [-0.1, -0.05) is 38.7 Å². The predicted molar refractivity (Wildman–Crippen MR) is 84.8 cm³/mol. The van der Waals surface area contributed by atoms with E-state index in [0.29, 0.717) is 26.0 Å². The maximum absolute atomic E-state index is 11.5. The predicted octanol–water partition coefficient (Wildman–Crippen LogP) is 2.30. The third-order valence-corrected chi connectivity index (χ3v) is 3.16. The number of carbonyl (C=O) groups is 2. The number of hydrogen-bond acceptors (Lipinski definition) is 4. The Kier molecular flexibility index (Phi) is 14.1. The van der Waals surface area contributed by atoms with Crippen LogP contribution in [0.2, 0.25) is 0 Å². The maximum atomic E-state index is 11.5. The summed E-state index contributed by atoms with van der Waals surface area (Å²) in [5, 5.41) is 2.82. The van der Waals surface area contributed by atoms with Crippen LogP contribution in [-0.2, 0) is 14.3 Å². The number of carbonyl (C=O) groups excluding carboxylic acids is 2. The van der Waals surface area contributed by atoms with Crippen molar-refractivity contribution in [2.75, 3.05) is 19.7 Å². The number of nitrogens with two attached hydrogens (primary N) is 1. The Bertz CT molecular complexity index is 293. The zero-order valence-corrected chi connectivity index (χ0v) is 13.1. The molecule has 0 aromatic carbocycles. The van der Waals surface area contributed by atoms with E-state index >= 15 is 0 Å². The van der Waals surface area contributed by atoms with Crippen LogP contribution in [0.5, 0.6) is 0 Å². The molecule has 0 saturated heterocycles. The SMILES string of the molecule is C=CC(=O)OCCCNC(=O)CCCCCCCCCN. The monoisotopic (exact) mass is 298 g/mol. The van der Waals surface area contributed by atoms with Crippen molar-refractivity contribution < 1.29 is 14.3 Å². The molecule has 1 amide bonds. The van der Waals surface area contributed by atoms with Crippen LogP contribution >= 0.6 is 0 Å². The summed E-state index contributed by atoms with van der Waals surface area (Å²) in [6, 6.07) is 0. The van der Waals surface area contributed by atoms with E-state index in [1.54, 1.807) is 0 Å². The standard InChI is InChI=1S/C16H30N2O3/c1-2-16(20)21-14-10-13-18-15(19)11-8-6-4-3-5-7-9-12-17/h2H,1,3-14,17H2,(H,18,19). The molecule has 0 aliphatic carbocycles. The van der Waals surface area contributed by atoms with Crippen LogP contribution in [0, 0.1) is 0 Å². The number of amides is 1. The highest BCUT2D eigenvalue weighted by Crippen LogP contribution is 2.08. The molecule has 0 aromatic rings. The van der Waals surface area contributed by atoms with Crippen LogP contribution in [0.4, 0.5) is 0 Å². The van der Waals surface area contributed by atoms with Gasteiger partial charge in [-0.15, -0.1) is 0 Å². The van der Waals surface area contributed by atoms with E-state index in [2.05, 4.69) is 11.9 Å². The van der Waals surface area contributed by atoms with Crippen molar-refractivity contribution in [3.05, 3.63) is 12.7 Å². The Morgan fingerprint density at radius 1 is 1.00 bits per heavy atom. The topological polar surface area (TPSA) is 81.4 Å². The fourth-order valence-electron chi connectivity index (χ4n) is 1.93. The number of nitrogens with one attached hydrogen (secondary N) is 1. The van der Waals surface area contributed by atoms with Crippen molar-refractivity contribution in [1.82, 2.24) is 5.32 Å². The molecule has 0 bridgehead atoms. The molecule has 3 N–H and O–H groups in total. The van der Waals surface area contributed by atoms with Gasteiger partial charge in [0.2, 0.25) is 5.91 Å². The summed E-state index contributed by atoms with van der Waals surface area (Å²) < 4.78 is 4.81. The average Bonchev–Trinajstić information content (AvgIpc) is 2.49. The molecule has 0 saturated carbocycles.